The second-order valence-corrected chi connectivity index (χ2v) is 10.5. The van der Waals surface area contributed by atoms with E-state index in [0.717, 1.165) is 11.3 Å². The van der Waals surface area contributed by atoms with Gasteiger partial charge in [-0.1, -0.05) is 31.2 Å². The average Bonchev–Trinajstić information content (AvgIpc) is 3.18. The lowest BCUT2D eigenvalue weighted by Crippen LogP contribution is -2.41. The summed E-state index contributed by atoms with van der Waals surface area (Å²) in [7, 11) is 0. The molecule has 1 aromatic heterocycles. The summed E-state index contributed by atoms with van der Waals surface area (Å²) >= 11 is 0. The minimum Gasteiger partial charge on any atom is -0.444 e. The van der Waals surface area contributed by atoms with Crippen LogP contribution in [0.5, 0.6) is 0 Å². The van der Waals surface area contributed by atoms with E-state index in [4.69, 9.17) is 4.74 Å². The van der Waals surface area contributed by atoms with Crippen LogP contribution in [0.2, 0.25) is 0 Å². The summed E-state index contributed by atoms with van der Waals surface area (Å²) in [6.45, 7) is 10.0. The molecule has 0 spiro atoms. The van der Waals surface area contributed by atoms with Gasteiger partial charge in [0.05, 0.1) is 19.2 Å². The van der Waals surface area contributed by atoms with Crippen LogP contribution in [-0.4, -0.2) is 43.9 Å². The minimum absolute atomic E-state index is 0.121. The largest absolute Gasteiger partial charge is 0.444 e. The number of nitrogens with zero attached hydrogens (tertiary/aromatic N) is 3. The van der Waals surface area contributed by atoms with Crippen LogP contribution in [0, 0.1) is 5.82 Å². The fourth-order valence-electron chi connectivity index (χ4n) is 4.49. The van der Waals surface area contributed by atoms with Crippen LogP contribution in [0.15, 0.2) is 48.5 Å². The second kappa shape index (κ2) is 10.3. The molecule has 2 unspecified atom stereocenters. The Hall–Kier alpha value is -3.72. The maximum absolute atomic E-state index is 13.5. The van der Waals surface area contributed by atoms with Crippen LogP contribution in [0.3, 0.4) is 0 Å². The summed E-state index contributed by atoms with van der Waals surface area (Å²) < 4.78 is 20.8. The van der Waals surface area contributed by atoms with Crippen molar-refractivity contribution >= 4 is 17.7 Å². The zero-order valence-electron chi connectivity index (χ0n) is 21.8. The molecule has 8 nitrogen and oxygen atoms in total. The number of carbonyl (C=O) groups is 2. The van der Waals surface area contributed by atoms with Gasteiger partial charge in [-0.3, -0.25) is 9.48 Å². The lowest BCUT2D eigenvalue weighted by Gasteiger charge is -2.33. The quantitative estimate of drug-likeness (QED) is 0.492. The highest BCUT2D eigenvalue weighted by atomic mass is 19.1. The summed E-state index contributed by atoms with van der Waals surface area (Å²) in [5.74, 6) is -0.869. The third kappa shape index (κ3) is 6.17. The van der Waals surface area contributed by atoms with Gasteiger partial charge in [0, 0.05) is 29.4 Å². The maximum atomic E-state index is 13.5. The van der Waals surface area contributed by atoms with Gasteiger partial charge in [0.15, 0.2) is 5.69 Å². The molecule has 37 heavy (non-hydrogen) atoms. The van der Waals surface area contributed by atoms with Crippen molar-refractivity contribution in [3.8, 4) is 0 Å². The predicted octanol–water partition coefficient (Wildman–Crippen LogP) is 5.23. The van der Waals surface area contributed by atoms with Crippen molar-refractivity contribution in [3.05, 3.63) is 82.4 Å². The molecule has 0 bridgehead atoms. The van der Waals surface area contributed by atoms with E-state index >= 15 is 0 Å². The third-order valence-corrected chi connectivity index (χ3v) is 6.14. The van der Waals surface area contributed by atoms with Gasteiger partial charge in [0.1, 0.15) is 11.4 Å². The van der Waals surface area contributed by atoms with Gasteiger partial charge in [0.25, 0.3) is 5.91 Å². The zero-order valence-corrected chi connectivity index (χ0v) is 21.8. The molecule has 3 aromatic rings. The summed E-state index contributed by atoms with van der Waals surface area (Å²) in [6, 6.07) is 13.1. The number of ether oxygens (including phenoxy) is 1. The number of nitrogens with one attached hydrogen (secondary N) is 1. The highest BCUT2D eigenvalue weighted by Crippen LogP contribution is 2.32. The Bertz CT molecular complexity index is 1290. The molecule has 0 fully saturated rings. The number of anilines is 1. The number of benzene rings is 2. The number of rotatable bonds is 5. The van der Waals surface area contributed by atoms with Crippen molar-refractivity contribution < 1.29 is 23.8 Å². The van der Waals surface area contributed by atoms with Gasteiger partial charge in [-0.25, -0.2) is 9.18 Å². The van der Waals surface area contributed by atoms with Crippen molar-refractivity contribution in [1.82, 2.24) is 14.7 Å². The van der Waals surface area contributed by atoms with E-state index in [0.29, 0.717) is 29.9 Å². The summed E-state index contributed by atoms with van der Waals surface area (Å²) in [6.07, 6.45) is -1.13. The lowest BCUT2D eigenvalue weighted by atomic mass is 9.96. The van der Waals surface area contributed by atoms with Crippen LogP contribution in [0.25, 0.3) is 0 Å². The molecule has 2 atom stereocenters. The normalized spacial score (nSPS) is 16.2. The molecule has 9 heteroatoms. The van der Waals surface area contributed by atoms with E-state index < -0.39 is 23.7 Å². The molecule has 4 rings (SSSR count). The first-order valence-electron chi connectivity index (χ1n) is 12.3. The summed E-state index contributed by atoms with van der Waals surface area (Å²) in [5.41, 5.74) is 3.10. The van der Waals surface area contributed by atoms with E-state index in [9.17, 15) is 19.1 Å². The number of aliphatic hydroxyl groups excluding tert-OH is 1. The van der Waals surface area contributed by atoms with E-state index in [-0.39, 0.29) is 24.0 Å². The minimum atomic E-state index is -0.678. The van der Waals surface area contributed by atoms with Gasteiger partial charge in [0.2, 0.25) is 0 Å². The van der Waals surface area contributed by atoms with E-state index in [1.807, 2.05) is 27.7 Å². The number of amides is 2. The first-order valence-corrected chi connectivity index (χ1v) is 12.3. The standard InChI is InChI=1S/C28H33FN4O4/c1-17-14-32(27(36)37-28(3,4)5)16-23-24(26(35)30-22-8-6-7-20(13-22)18(2)34)31-33(25(17)23)15-19-9-11-21(29)12-10-19/h6-13,17-18,34H,14-16H2,1-5H3,(H,30,35). The van der Waals surface area contributed by atoms with Crippen LogP contribution < -0.4 is 5.32 Å². The molecule has 2 amide bonds. The number of hydrogen-bond donors (Lipinski definition) is 2. The molecule has 1 aliphatic rings. The van der Waals surface area contributed by atoms with Crippen LogP contribution in [0.4, 0.5) is 14.9 Å². The molecule has 0 radical (unpaired) electrons. The van der Waals surface area contributed by atoms with Gasteiger partial charge >= 0.3 is 6.09 Å². The molecule has 196 valence electrons. The van der Waals surface area contributed by atoms with Crippen LogP contribution >= 0.6 is 0 Å². The fraction of sp³-hybridized carbons (Fsp3) is 0.393. The van der Waals surface area contributed by atoms with Crippen molar-refractivity contribution in [3.63, 3.8) is 0 Å². The van der Waals surface area contributed by atoms with Crippen molar-refractivity contribution in [2.45, 2.75) is 65.3 Å². The van der Waals surface area contributed by atoms with Crippen LogP contribution in [-0.2, 0) is 17.8 Å². The van der Waals surface area contributed by atoms with Crippen molar-refractivity contribution in [1.29, 1.82) is 0 Å². The predicted molar refractivity (Wildman–Crippen MR) is 138 cm³/mol. The highest BCUT2D eigenvalue weighted by molar-refractivity contribution is 6.04. The van der Waals surface area contributed by atoms with E-state index in [1.54, 1.807) is 52.9 Å². The van der Waals surface area contributed by atoms with Crippen LogP contribution in [0.1, 0.15) is 79.5 Å². The molecular weight excluding hydrogens is 475 g/mol. The topological polar surface area (TPSA) is 96.7 Å². The molecule has 0 aliphatic carbocycles. The number of carbonyl (C=O) groups excluding carboxylic acids is 2. The van der Waals surface area contributed by atoms with E-state index in [2.05, 4.69) is 10.4 Å². The van der Waals surface area contributed by atoms with Gasteiger partial charge < -0.3 is 20.1 Å². The summed E-state index contributed by atoms with van der Waals surface area (Å²) in [4.78, 5) is 27.9. The Morgan fingerprint density at radius 2 is 1.92 bits per heavy atom. The van der Waals surface area contributed by atoms with E-state index in [1.165, 1.54) is 12.1 Å². The monoisotopic (exact) mass is 508 g/mol. The number of aromatic nitrogens is 2. The fourth-order valence-corrected chi connectivity index (χ4v) is 4.49. The second-order valence-electron chi connectivity index (χ2n) is 10.5. The van der Waals surface area contributed by atoms with Gasteiger partial charge in [-0.05, 0) is 63.1 Å². The van der Waals surface area contributed by atoms with Gasteiger partial charge in [-0.15, -0.1) is 0 Å². The number of hydrogen-bond acceptors (Lipinski definition) is 5. The smallest absolute Gasteiger partial charge is 0.410 e. The molecular formula is C28H33FN4O4. The zero-order chi connectivity index (χ0) is 26.9. The first-order chi connectivity index (χ1) is 17.4. The Labute approximate surface area is 216 Å². The van der Waals surface area contributed by atoms with Crippen molar-refractivity contribution in [2.75, 3.05) is 11.9 Å². The molecule has 2 N–H and O–H groups in total. The Kier molecular flexibility index (Phi) is 7.36. The Morgan fingerprint density at radius 3 is 2.57 bits per heavy atom. The number of fused-ring (bicyclic) bond motifs is 1. The third-order valence-electron chi connectivity index (χ3n) is 6.14. The number of halogens is 1. The maximum Gasteiger partial charge on any atom is 0.410 e. The molecule has 0 saturated heterocycles. The molecule has 2 aromatic carbocycles. The van der Waals surface area contributed by atoms with Crippen molar-refractivity contribution in [2.24, 2.45) is 0 Å². The first kappa shape index (κ1) is 26.3. The highest BCUT2D eigenvalue weighted by Gasteiger charge is 2.35. The average molecular weight is 509 g/mol. The molecule has 1 aliphatic heterocycles. The number of aliphatic hydroxyl groups is 1. The van der Waals surface area contributed by atoms with Gasteiger partial charge in [-0.2, -0.15) is 5.10 Å². The lowest BCUT2D eigenvalue weighted by molar-refractivity contribution is 0.0206. The Balaban J connectivity index is 1.70. The Morgan fingerprint density at radius 1 is 1.22 bits per heavy atom. The molecule has 0 saturated carbocycles. The SMILES string of the molecule is CC(O)c1cccc(NC(=O)c2nn(Cc3ccc(F)cc3)c3c2CN(C(=O)OC(C)(C)C)CC3C)c1. The molecule has 2 heterocycles. The summed E-state index contributed by atoms with van der Waals surface area (Å²) in [5, 5.41) is 17.4.